The highest BCUT2D eigenvalue weighted by Gasteiger charge is 1.97. The molecule has 90 valence electrons. The van der Waals surface area contributed by atoms with Crippen LogP contribution in [-0.2, 0) is 13.2 Å². The van der Waals surface area contributed by atoms with Crippen molar-refractivity contribution in [2.45, 2.75) is 13.2 Å². The molecule has 0 aromatic heterocycles. The average molecular weight is 239 g/mol. The van der Waals surface area contributed by atoms with Crippen molar-refractivity contribution >= 4 is 0 Å². The lowest BCUT2D eigenvalue weighted by Crippen LogP contribution is -1.95. The molecular weight excluding hydrogens is 226 g/mol. The number of benzene rings is 2. The van der Waals surface area contributed by atoms with Crippen LogP contribution in [0.4, 0.5) is 0 Å². The van der Waals surface area contributed by atoms with Gasteiger partial charge in [-0.25, -0.2) is 0 Å². The molecule has 2 aromatic rings. The van der Waals surface area contributed by atoms with Crippen LogP contribution in [0.15, 0.2) is 59.7 Å². The summed E-state index contributed by atoms with van der Waals surface area (Å²) in [5.74, 6) is 0.782. The molecule has 0 bridgehead atoms. The molecule has 0 aliphatic rings. The van der Waals surface area contributed by atoms with E-state index in [9.17, 15) is 0 Å². The lowest BCUT2D eigenvalue weighted by atomic mass is 10.2. The summed E-state index contributed by atoms with van der Waals surface area (Å²) in [6.45, 7) is 0.880. The first kappa shape index (κ1) is 12.0. The first-order chi connectivity index (χ1) is 8.88. The van der Waals surface area contributed by atoms with Gasteiger partial charge in [-0.2, -0.15) is 0 Å². The normalized spacial score (nSPS) is 9.56. The van der Waals surface area contributed by atoms with Crippen LogP contribution in [0.5, 0.6) is 5.75 Å². The van der Waals surface area contributed by atoms with E-state index >= 15 is 0 Å². The van der Waals surface area contributed by atoms with Crippen molar-refractivity contribution in [3.63, 3.8) is 0 Å². The molecule has 4 nitrogen and oxygen atoms in total. The second-order valence-corrected chi connectivity index (χ2v) is 3.81. The van der Waals surface area contributed by atoms with Crippen molar-refractivity contribution in [1.82, 2.24) is 0 Å². The molecule has 0 aliphatic heterocycles. The molecule has 4 heteroatoms. The largest absolute Gasteiger partial charge is 0.489 e. The zero-order valence-electron chi connectivity index (χ0n) is 9.86. The fraction of sp³-hybridized carbons (Fsp3) is 0.143. The molecule has 0 unspecified atom stereocenters. The lowest BCUT2D eigenvalue weighted by molar-refractivity contribution is 0.306. The SMILES string of the molecule is [N-]=[N+]=NCc1cccc(OCc2ccccc2)c1. The molecule has 0 fully saturated rings. The number of hydrogen-bond donors (Lipinski definition) is 0. The molecule has 0 saturated heterocycles. The van der Waals surface area contributed by atoms with E-state index in [-0.39, 0.29) is 0 Å². The molecule has 18 heavy (non-hydrogen) atoms. The Morgan fingerprint density at radius 2 is 1.78 bits per heavy atom. The van der Waals surface area contributed by atoms with Crippen molar-refractivity contribution in [3.8, 4) is 5.75 Å². The summed E-state index contributed by atoms with van der Waals surface area (Å²) >= 11 is 0. The smallest absolute Gasteiger partial charge is 0.120 e. The third kappa shape index (κ3) is 3.54. The van der Waals surface area contributed by atoms with E-state index in [4.69, 9.17) is 10.3 Å². The van der Waals surface area contributed by atoms with Crippen LogP contribution in [0.3, 0.4) is 0 Å². The minimum Gasteiger partial charge on any atom is -0.489 e. The summed E-state index contributed by atoms with van der Waals surface area (Å²) in [6, 6.07) is 17.6. The number of hydrogen-bond acceptors (Lipinski definition) is 2. The van der Waals surface area contributed by atoms with Crippen LogP contribution >= 0.6 is 0 Å². The first-order valence-corrected chi connectivity index (χ1v) is 5.65. The predicted molar refractivity (Wildman–Crippen MR) is 70.1 cm³/mol. The van der Waals surface area contributed by atoms with Crippen LogP contribution in [-0.4, -0.2) is 0 Å². The predicted octanol–water partition coefficient (Wildman–Crippen LogP) is 4.08. The van der Waals surface area contributed by atoms with E-state index in [0.717, 1.165) is 16.9 Å². The third-order valence-corrected chi connectivity index (χ3v) is 2.46. The Hall–Kier alpha value is -2.45. The van der Waals surface area contributed by atoms with E-state index < -0.39 is 0 Å². The number of nitrogens with zero attached hydrogens (tertiary/aromatic N) is 3. The van der Waals surface area contributed by atoms with Gasteiger partial charge in [0.25, 0.3) is 0 Å². The molecule has 0 atom stereocenters. The zero-order valence-corrected chi connectivity index (χ0v) is 9.86. The van der Waals surface area contributed by atoms with E-state index in [1.54, 1.807) is 0 Å². The van der Waals surface area contributed by atoms with Crippen molar-refractivity contribution in [2.24, 2.45) is 5.11 Å². The average Bonchev–Trinajstić information content (AvgIpc) is 2.44. The Labute approximate surface area is 105 Å². The molecule has 0 radical (unpaired) electrons. The van der Waals surface area contributed by atoms with Gasteiger partial charge in [0.05, 0.1) is 6.54 Å². The highest BCUT2D eigenvalue weighted by molar-refractivity contribution is 5.29. The Morgan fingerprint density at radius 1 is 1.00 bits per heavy atom. The summed E-state index contributed by atoms with van der Waals surface area (Å²) in [7, 11) is 0. The van der Waals surface area contributed by atoms with Crippen molar-refractivity contribution < 1.29 is 4.74 Å². The van der Waals surface area contributed by atoms with Crippen molar-refractivity contribution in [1.29, 1.82) is 0 Å². The van der Waals surface area contributed by atoms with Crippen LogP contribution in [0.25, 0.3) is 10.4 Å². The molecule has 2 aromatic carbocycles. The van der Waals surface area contributed by atoms with Gasteiger partial charge in [-0.3, -0.25) is 0 Å². The van der Waals surface area contributed by atoms with Gasteiger partial charge >= 0.3 is 0 Å². The van der Waals surface area contributed by atoms with Crippen LogP contribution < -0.4 is 4.74 Å². The maximum atomic E-state index is 8.28. The van der Waals surface area contributed by atoms with Gasteiger partial charge in [-0.15, -0.1) is 0 Å². The highest BCUT2D eigenvalue weighted by Crippen LogP contribution is 2.15. The monoisotopic (exact) mass is 239 g/mol. The van der Waals surface area contributed by atoms with Crippen LogP contribution in [0, 0.1) is 0 Å². The minimum atomic E-state index is 0.346. The Bertz CT molecular complexity index is 548. The lowest BCUT2D eigenvalue weighted by Gasteiger charge is -2.07. The number of azide groups is 1. The zero-order chi connectivity index (χ0) is 12.6. The van der Waals surface area contributed by atoms with E-state index in [1.807, 2.05) is 54.6 Å². The summed E-state index contributed by atoms with van der Waals surface area (Å²) in [6.07, 6.45) is 0. The van der Waals surface area contributed by atoms with E-state index in [0.29, 0.717) is 13.2 Å². The molecule has 2 rings (SSSR count). The molecule has 0 N–H and O–H groups in total. The van der Waals surface area contributed by atoms with Gasteiger partial charge in [-0.1, -0.05) is 47.6 Å². The van der Waals surface area contributed by atoms with Crippen LogP contribution in [0.2, 0.25) is 0 Å². The number of ether oxygens (including phenoxy) is 1. The summed E-state index contributed by atoms with van der Waals surface area (Å²) < 4.78 is 5.68. The quantitative estimate of drug-likeness (QED) is 0.440. The fourth-order valence-corrected chi connectivity index (χ4v) is 1.59. The van der Waals surface area contributed by atoms with Crippen LogP contribution in [0.1, 0.15) is 11.1 Å². The summed E-state index contributed by atoms with van der Waals surface area (Å²) in [4.78, 5) is 2.74. The van der Waals surface area contributed by atoms with Crippen molar-refractivity contribution in [2.75, 3.05) is 0 Å². The van der Waals surface area contributed by atoms with E-state index in [1.165, 1.54) is 0 Å². The summed E-state index contributed by atoms with van der Waals surface area (Å²) in [5.41, 5.74) is 10.3. The Morgan fingerprint density at radius 3 is 2.56 bits per heavy atom. The maximum Gasteiger partial charge on any atom is 0.120 e. The van der Waals surface area contributed by atoms with Gasteiger partial charge in [0.15, 0.2) is 0 Å². The second-order valence-electron chi connectivity index (χ2n) is 3.81. The molecule has 0 spiro atoms. The standard InChI is InChI=1S/C14H13N3O/c15-17-16-10-13-7-4-8-14(9-13)18-11-12-5-2-1-3-6-12/h1-9H,10-11H2. The topological polar surface area (TPSA) is 58.0 Å². The van der Waals surface area contributed by atoms with Gasteiger partial charge in [-0.05, 0) is 28.8 Å². The molecule has 0 amide bonds. The molecule has 0 aliphatic carbocycles. The Balaban J connectivity index is 1.99. The van der Waals surface area contributed by atoms with Crippen molar-refractivity contribution in [3.05, 3.63) is 76.2 Å². The molecular formula is C14H13N3O. The fourth-order valence-electron chi connectivity index (χ4n) is 1.59. The maximum absolute atomic E-state index is 8.28. The minimum absolute atomic E-state index is 0.346. The Kier molecular flexibility index (Phi) is 4.22. The van der Waals surface area contributed by atoms with Gasteiger partial charge < -0.3 is 4.74 Å². The highest BCUT2D eigenvalue weighted by atomic mass is 16.5. The molecule has 0 heterocycles. The van der Waals surface area contributed by atoms with Gasteiger partial charge in [0.2, 0.25) is 0 Å². The van der Waals surface area contributed by atoms with E-state index in [2.05, 4.69) is 10.0 Å². The first-order valence-electron chi connectivity index (χ1n) is 5.65. The van der Waals surface area contributed by atoms with Gasteiger partial charge in [0.1, 0.15) is 12.4 Å². The second kappa shape index (κ2) is 6.33. The number of rotatable bonds is 5. The van der Waals surface area contributed by atoms with Gasteiger partial charge in [0, 0.05) is 4.91 Å². The molecule has 0 saturated carbocycles. The summed E-state index contributed by atoms with van der Waals surface area (Å²) in [5, 5.41) is 3.53. The third-order valence-electron chi connectivity index (χ3n) is 2.46.